The van der Waals surface area contributed by atoms with Crippen LogP contribution in [0.1, 0.15) is 27.2 Å². The van der Waals surface area contributed by atoms with E-state index in [2.05, 4.69) is 20.3 Å². The Kier molecular flexibility index (Phi) is 4.62. The highest BCUT2D eigenvalue weighted by Crippen LogP contribution is 2.17. The van der Waals surface area contributed by atoms with Crippen LogP contribution in [0.4, 0.5) is 4.79 Å². The molecule has 0 unspecified atom stereocenters. The van der Waals surface area contributed by atoms with E-state index in [0.29, 0.717) is 29.4 Å². The van der Waals surface area contributed by atoms with Crippen LogP contribution in [0.3, 0.4) is 0 Å². The Morgan fingerprint density at radius 2 is 2.14 bits per heavy atom. The number of carbonyl (C=O) groups excluding carboxylic acids is 1. The SMILES string of the molecule is CC(C)(C)OC(=O)NCCCn1cnc2c(Cl)ncnc21. The number of amides is 1. The summed E-state index contributed by atoms with van der Waals surface area (Å²) in [4.78, 5) is 23.7. The summed E-state index contributed by atoms with van der Waals surface area (Å²) in [6, 6.07) is 0. The minimum Gasteiger partial charge on any atom is -0.444 e. The van der Waals surface area contributed by atoms with E-state index in [1.807, 2.05) is 25.3 Å². The summed E-state index contributed by atoms with van der Waals surface area (Å²) < 4.78 is 7.03. The normalized spacial score (nSPS) is 11.6. The number of imidazole rings is 1. The quantitative estimate of drug-likeness (QED) is 0.692. The molecule has 0 bridgehead atoms. The third kappa shape index (κ3) is 4.29. The molecule has 0 aliphatic carbocycles. The summed E-state index contributed by atoms with van der Waals surface area (Å²) in [7, 11) is 0. The monoisotopic (exact) mass is 311 g/mol. The van der Waals surface area contributed by atoms with Crippen molar-refractivity contribution in [3.63, 3.8) is 0 Å². The molecule has 2 heterocycles. The minimum atomic E-state index is -0.488. The zero-order valence-corrected chi connectivity index (χ0v) is 13.0. The van der Waals surface area contributed by atoms with Gasteiger partial charge in [-0.1, -0.05) is 11.6 Å². The van der Waals surface area contributed by atoms with Crippen molar-refractivity contribution in [1.82, 2.24) is 24.8 Å². The summed E-state index contributed by atoms with van der Waals surface area (Å²) in [5.74, 6) is 0. The Balaban J connectivity index is 1.83. The Morgan fingerprint density at radius 3 is 2.86 bits per heavy atom. The lowest BCUT2D eigenvalue weighted by Gasteiger charge is -2.19. The first-order valence-corrected chi connectivity index (χ1v) is 7.03. The van der Waals surface area contributed by atoms with Crippen LogP contribution in [0.5, 0.6) is 0 Å². The van der Waals surface area contributed by atoms with Crippen LogP contribution in [0.25, 0.3) is 11.2 Å². The van der Waals surface area contributed by atoms with Gasteiger partial charge in [0, 0.05) is 13.1 Å². The van der Waals surface area contributed by atoms with E-state index in [-0.39, 0.29) is 0 Å². The number of hydrogen-bond donors (Lipinski definition) is 1. The zero-order valence-electron chi connectivity index (χ0n) is 12.3. The lowest BCUT2D eigenvalue weighted by atomic mass is 10.2. The number of alkyl carbamates (subject to hydrolysis) is 1. The van der Waals surface area contributed by atoms with Gasteiger partial charge in [0.1, 0.15) is 17.4 Å². The number of rotatable bonds is 4. The van der Waals surface area contributed by atoms with E-state index in [1.54, 1.807) is 6.33 Å². The highest BCUT2D eigenvalue weighted by Gasteiger charge is 2.15. The summed E-state index contributed by atoms with van der Waals surface area (Å²) >= 11 is 5.93. The van der Waals surface area contributed by atoms with Gasteiger partial charge in [0.15, 0.2) is 10.8 Å². The van der Waals surface area contributed by atoms with E-state index in [1.165, 1.54) is 6.33 Å². The Hall–Kier alpha value is -1.89. The number of hydrogen-bond acceptors (Lipinski definition) is 5. The third-order valence-corrected chi connectivity index (χ3v) is 2.88. The van der Waals surface area contributed by atoms with Crippen LogP contribution >= 0.6 is 11.6 Å². The summed E-state index contributed by atoms with van der Waals surface area (Å²) in [6.07, 6.45) is 3.38. The van der Waals surface area contributed by atoms with E-state index in [9.17, 15) is 4.79 Å². The van der Waals surface area contributed by atoms with Gasteiger partial charge in [-0.05, 0) is 27.2 Å². The van der Waals surface area contributed by atoms with Crippen LogP contribution in [0.15, 0.2) is 12.7 Å². The van der Waals surface area contributed by atoms with E-state index >= 15 is 0 Å². The lowest BCUT2D eigenvalue weighted by molar-refractivity contribution is 0.0527. The molecule has 1 N–H and O–H groups in total. The van der Waals surface area contributed by atoms with Gasteiger partial charge in [0.05, 0.1) is 6.33 Å². The Bertz CT molecular complexity index is 635. The minimum absolute atomic E-state index is 0.339. The molecule has 0 fully saturated rings. The van der Waals surface area contributed by atoms with E-state index in [0.717, 1.165) is 6.42 Å². The first-order valence-electron chi connectivity index (χ1n) is 6.65. The number of nitrogens with one attached hydrogen (secondary N) is 1. The number of ether oxygens (including phenoxy) is 1. The maximum Gasteiger partial charge on any atom is 0.407 e. The van der Waals surface area contributed by atoms with Crippen LogP contribution in [-0.2, 0) is 11.3 Å². The molecule has 21 heavy (non-hydrogen) atoms. The Morgan fingerprint density at radius 1 is 1.38 bits per heavy atom. The molecule has 0 spiro atoms. The molecular formula is C13H18ClN5O2. The summed E-state index contributed by atoms with van der Waals surface area (Å²) in [5, 5.41) is 3.05. The fraction of sp³-hybridized carbons (Fsp3) is 0.538. The number of fused-ring (bicyclic) bond motifs is 1. The molecular weight excluding hydrogens is 294 g/mol. The maximum absolute atomic E-state index is 11.5. The third-order valence-electron chi connectivity index (χ3n) is 2.60. The molecule has 7 nitrogen and oxygen atoms in total. The van der Waals surface area contributed by atoms with Crippen molar-refractivity contribution in [2.24, 2.45) is 0 Å². The molecule has 1 amide bonds. The average Bonchev–Trinajstić information content (AvgIpc) is 2.77. The molecule has 2 aromatic rings. The molecule has 0 saturated heterocycles. The molecule has 8 heteroatoms. The topological polar surface area (TPSA) is 81.9 Å². The second-order valence-electron chi connectivity index (χ2n) is 5.56. The van der Waals surface area contributed by atoms with Crippen molar-refractivity contribution < 1.29 is 9.53 Å². The smallest absolute Gasteiger partial charge is 0.407 e. The number of aromatic nitrogens is 4. The van der Waals surface area contributed by atoms with Crippen molar-refractivity contribution in [2.45, 2.75) is 39.3 Å². The van der Waals surface area contributed by atoms with Crippen molar-refractivity contribution >= 4 is 28.9 Å². The lowest BCUT2D eigenvalue weighted by Crippen LogP contribution is -2.33. The molecule has 0 aliphatic rings. The summed E-state index contributed by atoms with van der Waals surface area (Å²) in [5.41, 5.74) is 0.782. The van der Waals surface area contributed by atoms with E-state index in [4.69, 9.17) is 16.3 Å². The van der Waals surface area contributed by atoms with Gasteiger partial charge in [0.25, 0.3) is 0 Å². The van der Waals surface area contributed by atoms with Crippen molar-refractivity contribution in [3.05, 3.63) is 17.8 Å². The largest absolute Gasteiger partial charge is 0.444 e. The molecule has 114 valence electrons. The second-order valence-corrected chi connectivity index (χ2v) is 5.91. The predicted octanol–water partition coefficient (Wildman–Crippen LogP) is 2.39. The first kappa shape index (κ1) is 15.5. The van der Waals surface area contributed by atoms with Gasteiger partial charge in [0.2, 0.25) is 0 Å². The van der Waals surface area contributed by atoms with Gasteiger partial charge in [-0.2, -0.15) is 0 Å². The van der Waals surface area contributed by atoms with Gasteiger partial charge < -0.3 is 14.6 Å². The van der Waals surface area contributed by atoms with Crippen molar-refractivity contribution in [1.29, 1.82) is 0 Å². The van der Waals surface area contributed by atoms with Gasteiger partial charge in [-0.15, -0.1) is 0 Å². The number of nitrogens with zero attached hydrogens (tertiary/aromatic N) is 4. The van der Waals surface area contributed by atoms with Crippen LogP contribution in [0, 0.1) is 0 Å². The number of halogens is 1. The number of carbonyl (C=O) groups is 1. The highest BCUT2D eigenvalue weighted by atomic mass is 35.5. The van der Waals surface area contributed by atoms with Crippen LogP contribution in [0.2, 0.25) is 5.15 Å². The number of aryl methyl sites for hydroxylation is 1. The molecule has 2 aromatic heterocycles. The molecule has 0 saturated carbocycles. The van der Waals surface area contributed by atoms with Crippen LogP contribution in [-0.4, -0.2) is 37.8 Å². The Labute approximate surface area is 127 Å². The molecule has 0 aliphatic heterocycles. The van der Waals surface area contributed by atoms with Gasteiger partial charge >= 0.3 is 6.09 Å². The van der Waals surface area contributed by atoms with Gasteiger partial charge in [-0.25, -0.2) is 19.7 Å². The highest BCUT2D eigenvalue weighted by molar-refractivity contribution is 6.33. The predicted molar refractivity (Wildman–Crippen MR) is 79.2 cm³/mol. The van der Waals surface area contributed by atoms with Crippen LogP contribution < -0.4 is 5.32 Å². The van der Waals surface area contributed by atoms with Gasteiger partial charge in [-0.3, -0.25) is 0 Å². The van der Waals surface area contributed by atoms with Crippen molar-refractivity contribution in [2.75, 3.05) is 6.54 Å². The standard InChI is InChI=1S/C13H18ClN5O2/c1-13(2,3)21-12(20)15-5-4-6-19-8-18-9-10(14)16-7-17-11(9)19/h7-8H,4-6H2,1-3H3,(H,15,20). The fourth-order valence-electron chi connectivity index (χ4n) is 1.77. The second kappa shape index (κ2) is 6.26. The maximum atomic E-state index is 11.5. The molecule has 0 radical (unpaired) electrons. The molecule has 0 aromatic carbocycles. The molecule has 0 atom stereocenters. The average molecular weight is 312 g/mol. The summed E-state index contributed by atoms with van der Waals surface area (Å²) in [6.45, 7) is 6.65. The zero-order chi connectivity index (χ0) is 15.5. The molecule has 2 rings (SSSR count). The fourth-order valence-corrected chi connectivity index (χ4v) is 1.95. The van der Waals surface area contributed by atoms with Crippen molar-refractivity contribution in [3.8, 4) is 0 Å². The van der Waals surface area contributed by atoms with E-state index < -0.39 is 11.7 Å². The first-order chi connectivity index (χ1) is 9.87.